The van der Waals surface area contributed by atoms with Crippen molar-refractivity contribution in [1.82, 2.24) is 9.80 Å². The number of hydrogen-bond donors (Lipinski definition) is 1. The van der Waals surface area contributed by atoms with Crippen molar-refractivity contribution in [3.8, 4) is 23.0 Å². The molecule has 4 aliphatic rings. The molecule has 0 bridgehead atoms. The van der Waals surface area contributed by atoms with Gasteiger partial charge in [0.15, 0.2) is 23.0 Å². The third-order valence-corrected chi connectivity index (χ3v) is 7.37. The van der Waals surface area contributed by atoms with Crippen LogP contribution in [0.3, 0.4) is 0 Å². The Morgan fingerprint density at radius 2 is 1.43 bits per heavy atom. The van der Waals surface area contributed by atoms with Gasteiger partial charge in [-0.1, -0.05) is 12.8 Å². The Hall–Kier alpha value is -3.46. The highest BCUT2D eigenvalue weighted by Crippen LogP contribution is 2.36. The number of rotatable bonds is 5. The highest BCUT2D eigenvalue weighted by Gasteiger charge is 2.37. The standard InChI is InChI=1S/C26H29N3O6/c30-25(27-19-6-8-21-23(14-19)35-16-33-21)24(17-3-1-2-4-17)28-9-11-29(12-10-28)26(31)18-5-7-20-22(13-18)34-15-32-20/h5-8,13-14,17,24H,1-4,9-12,15-16H2,(H,27,30). The monoisotopic (exact) mass is 479 g/mol. The number of piperazine rings is 1. The van der Waals surface area contributed by atoms with E-state index < -0.39 is 0 Å². The third kappa shape index (κ3) is 4.36. The van der Waals surface area contributed by atoms with E-state index in [1.165, 1.54) is 0 Å². The van der Waals surface area contributed by atoms with E-state index >= 15 is 0 Å². The number of nitrogens with one attached hydrogen (secondary N) is 1. The SMILES string of the molecule is O=C(Nc1ccc2c(c1)OCO2)C(C1CCCC1)N1CCN(C(=O)c2ccc3c(c2)OCO3)CC1. The molecule has 9 nitrogen and oxygen atoms in total. The van der Waals surface area contributed by atoms with Gasteiger partial charge in [-0.3, -0.25) is 14.5 Å². The summed E-state index contributed by atoms with van der Waals surface area (Å²) in [4.78, 5) is 30.7. The molecule has 2 amide bonds. The van der Waals surface area contributed by atoms with Gasteiger partial charge >= 0.3 is 0 Å². The number of amides is 2. The van der Waals surface area contributed by atoms with Gasteiger partial charge in [-0.15, -0.1) is 0 Å². The lowest BCUT2D eigenvalue weighted by Gasteiger charge is -2.40. The molecule has 3 heterocycles. The first-order chi connectivity index (χ1) is 17.2. The summed E-state index contributed by atoms with van der Waals surface area (Å²) in [5.41, 5.74) is 1.30. The van der Waals surface area contributed by atoms with Crippen molar-refractivity contribution in [2.75, 3.05) is 45.1 Å². The average Bonchev–Trinajstić information content (AvgIpc) is 3.65. The molecule has 35 heavy (non-hydrogen) atoms. The zero-order valence-corrected chi connectivity index (χ0v) is 19.5. The number of nitrogens with zero attached hydrogens (tertiary/aromatic N) is 2. The van der Waals surface area contributed by atoms with Crippen LogP contribution in [0.5, 0.6) is 23.0 Å². The van der Waals surface area contributed by atoms with E-state index in [-0.39, 0.29) is 31.4 Å². The van der Waals surface area contributed by atoms with Crippen LogP contribution in [0.2, 0.25) is 0 Å². The Bertz CT molecular complexity index is 1120. The summed E-state index contributed by atoms with van der Waals surface area (Å²) >= 11 is 0. The van der Waals surface area contributed by atoms with Crippen LogP contribution < -0.4 is 24.3 Å². The maximum absolute atomic E-state index is 13.5. The van der Waals surface area contributed by atoms with Gasteiger partial charge in [0.05, 0.1) is 6.04 Å². The molecule has 9 heteroatoms. The maximum atomic E-state index is 13.5. The zero-order valence-electron chi connectivity index (χ0n) is 19.5. The van der Waals surface area contributed by atoms with Crippen LogP contribution in [-0.4, -0.2) is 67.4 Å². The van der Waals surface area contributed by atoms with Gasteiger partial charge in [-0.25, -0.2) is 0 Å². The zero-order chi connectivity index (χ0) is 23.8. The molecule has 6 rings (SSSR count). The van der Waals surface area contributed by atoms with Crippen molar-refractivity contribution in [3.05, 3.63) is 42.0 Å². The quantitative estimate of drug-likeness (QED) is 0.705. The number of fused-ring (bicyclic) bond motifs is 2. The van der Waals surface area contributed by atoms with Gasteiger partial charge in [0, 0.05) is 43.5 Å². The lowest BCUT2D eigenvalue weighted by molar-refractivity contribution is -0.123. The molecule has 0 radical (unpaired) electrons. The van der Waals surface area contributed by atoms with E-state index in [0.29, 0.717) is 66.3 Å². The predicted molar refractivity (Wildman–Crippen MR) is 127 cm³/mol. The van der Waals surface area contributed by atoms with Crippen LogP contribution in [0.1, 0.15) is 36.0 Å². The molecule has 1 atom stereocenters. The molecule has 1 aliphatic carbocycles. The van der Waals surface area contributed by atoms with Crippen molar-refractivity contribution in [3.63, 3.8) is 0 Å². The molecule has 2 fully saturated rings. The molecule has 3 aliphatic heterocycles. The average molecular weight is 480 g/mol. The lowest BCUT2D eigenvalue weighted by Crippen LogP contribution is -2.56. The predicted octanol–water partition coefficient (Wildman–Crippen LogP) is 3.10. The normalized spacial score (nSPS) is 20.2. The van der Waals surface area contributed by atoms with Crippen LogP contribution in [0.25, 0.3) is 0 Å². The van der Waals surface area contributed by atoms with E-state index in [1.807, 2.05) is 23.1 Å². The molecule has 0 aromatic heterocycles. The van der Waals surface area contributed by atoms with Gasteiger partial charge in [0.2, 0.25) is 19.5 Å². The second kappa shape index (κ2) is 9.30. The second-order valence-corrected chi connectivity index (χ2v) is 9.44. The summed E-state index contributed by atoms with van der Waals surface area (Å²) in [7, 11) is 0. The van der Waals surface area contributed by atoms with Crippen molar-refractivity contribution in [1.29, 1.82) is 0 Å². The van der Waals surface area contributed by atoms with E-state index in [0.717, 1.165) is 25.7 Å². The second-order valence-electron chi connectivity index (χ2n) is 9.44. The number of ether oxygens (including phenoxy) is 4. The number of hydrogen-bond acceptors (Lipinski definition) is 7. The minimum absolute atomic E-state index is 0.00585. The minimum atomic E-state index is -0.217. The summed E-state index contributed by atoms with van der Waals surface area (Å²) in [6.07, 6.45) is 4.41. The molecule has 2 aromatic rings. The first-order valence-corrected chi connectivity index (χ1v) is 12.3. The van der Waals surface area contributed by atoms with Crippen LogP contribution >= 0.6 is 0 Å². The largest absolute Gasteiger partial charge is 0.454 e. The summed E-state index contributed by atoms with van der Waals surface area (Å²) in [6, 6.07) is 10.6. The highest BCUT2D eigenvalue weighted by atomic mass is 16.7. The highest BCUT2D eigenvalue weighted by molar-refractivity contribution is 5.96. The molecule has 2 aromatic carbocycles. The first kappa shape index (κ1) is 22.0. The van der Waals surface area contributed by atoms with Crippen molar-refractivity contribution in [2.45, 2.75) is 31.7 Å². The fraction of sp³-hybridized carbons (Fsp3) is 0.462. The minimum Gasteiger partial charge on any atom is -0.454 e. The maximum Gasteiger partial charge on any atom is 0.254 e. The summed E-state index contributed by atoms with van der Waals surface area (Å²) in [5.74, 6) is 2.92. The Morgan fingerprint density at radius 1 is 0.800 bits per heavy atom. The fourth-order valence-corrected chi connectivity index (χ4v) is 5.56. The van der Waals surface area contributed by atoms with E-state index in [9.17, 15) is 9.59 Å². The summed E-state index contributed by atoms with van der Waals surface area (Å²) in [6.45, 7) is 2.86. The molecule has 1 saturated heterocycles. The molecular weight excluding hydrogens is 450 g/mol. The van der Waals surface area contributed by atoms with Gasteiger partial charge in [-0.2, -0.15) is 0 Å². The Kier molecular flexibility index (Phi) is 5.85. The van der Waals surface area contributed by atoms with E-state index in [2.05, 4.69) is 10.2 Å². The third-order valence-electron chi connectivity index (χ3n) is 7.37. The van der Waals surface area contributed by atoms with Gasteiger partial charge < -0.3 is 29.2 Å². The summed E-state index contributed by atoms with van der Waals surface area (Å²) in [5, 5.41) is 3.11. The van der Waals surface area contributed by atoms with Gasteiger partial charge in [0.1, 0.15) is 0 Å². The Balaban J connectivity index is 1.13. The van der Waals surface area contributed by atoms with Crippen molar-refractivity contribution >= 4 is 17.5 Å². The van der Waals surface area contributed by atoms with Crippen LogP contribution in [0.15, 0.2) is 36.4 Å². The van der Waals surface area contributed by atoms with Crippen LogP contribution in [0.4, 0.5) is 5.69 Å². The number of carbonyl (C=O) groups excluding carboxylic acids is 2. The molecular formula is C26H29N3O6. The van der Waals surface area contributed by atoms with E-state index in [4.69, 9.17) is 18.9 Å². The topological polar surface area (TPSA) is 89.6 Å². The smallest absolute Gasteiger partial charge is 0.254 e. The van der Waals surface area contributed by atoms with Gasteiger partial charge in [-0.05, 0) is 49.1 Å². The number of anilines is 1. The Labute approximate surface area is 203 Å². The van der Waals surface area contributed by atoms with E-state index in [1.54, 1.807) is 18.2 Å². The van der Waals surface area contributed by atoms with Crippen LogP contribution in [0, 0.1) is 5.92 Å². The molecule has 184 valence electrons. The molecule has 1 N–H and O–H groups in total. The fourth-order valence-electron chi connectivity index (χ4n) is 5.56. The first-order valence-electron chi connectivity index (χ1n) is 12.3. The molecule has 0 spiro atoms. The van der Waals surface area contributed by atoms with Crippen molar-refractivity contribution in [2.24, 2.45) is 5.92 Å². The Morgan fingerprint density at radius 3 is 2.14 bits per heavy atom. The number of benzene rings is 2. The molecule has 1 saturated carbocycles. The lowest BCUT2D eigenvalue weighted by atomic mass is 9.94. The van der Waals surface area contributed by atoms with Gasteiger partial charge in [0.25, 0.3) is 5.91 Å². The molecule has 1 unspecified atom stereocenters. The number of carbonyl (C=O) groups is 2. The van der Waals surface area contributed by atoms with Crippen molar-refractivity contribution < 1.29 is 28.5 Å². The van der Waals surface area contributed by atoms with Crippen LogP contribution in [-0.2, 0) is 4.79 Å². The summed E-state index contributed by atoms with van der Waals surface area (Å²) < 4.78 is 21.6.